The second kappa shape index (κ2) is 9.26. The quantitative estimate of drug-likeness (QED) is 0.414. The number of rotatable bonds is 6. The molecule has 0 aliphatic rings. The zero-order chi connectivity index (χ0) is 21.6. The number of nitrogens with one attached hydrogen (secondary N) is 3. The number of aromatic amines is 1. The van der Waals surface area contributed by atoms with Gasteiger partial charge in [0.05, 0.1) is 11.1 Å². The lowest BCUT2D eigenvalue weighted by atomic mass is 10.0. The number of H-pyrrole nitrogens is 1. The minimum Gasteiger partial charge on any atom is -0.308 e. The molecule has 1 aromatic heterocycles. The van der Waals surface area contributed by atoms with Gasteiger partial charge >= 0.3 is 6.03 Å². The van der Waals surface area contributed by atoms with Crippen LogP contribution in [0.2, 0.25) is 0 Å². The number of hydrogen-bond acceptors (Lipinski definition) is 3. The first-order valence-electron chi connectivity index (χ1n) is 10.3. The molecule has 0 unspecified atom stereocenters. The summed E-state index contributed by atoms with van der Waals surface area (Å²) in [5.41, 5.74) is 4.22. The number of nitrogens with zero attached hydrogens (tertiary/aromatic N) is 1. The molecule has 1 heterocycles. The molecule has 2 amide bonds. The summed E-state index contributed by atoms with van der Waals surface area (Å²) in [5, 5.41) is 13.7. The largest absolute Gasteiger partial charge is 0.323 e. The summed E-state index contributed by atoms with van der Waals surface area (Å²) in [6, 6.07) is 22.8. The zero-order valence-corrected chi connectivity index (χ0v) is 17.3. The number of carbonyl (C=O) groups is 1. The van der Waals surface area contributed by atoms with E-state index in [2.05, 4.69) is 33.0 Å². The maximum Gasteiger partial charge on any atom is 0.323 e. The van der Waals surface area contributed by atoms with Crippen molar-refractivity contribution in [1.82, 2.24) is 10.2 Å². The molecule has 0 fully saturated rings. The molecule has 4 rings (SSSR count). The minimum absolute atomic E-state index is 0.274. The summed E-state index contributed by atoms with van der Waals surface area (Å²) in [5.74, 6) is 0. The molecule has 0 saturated carbocycles. The van der Waals surface area contributed by atoms with Gasteiger partial charge in [-0.05, 0) is 56.0 Å². The molecule has 31 heavy (non-hydrogen) atoms. The fourth-order valence-corrected chi connectivity index (χ4v) is 3.53. The van der Waals surface area contributed by atoms with Crippen molar-refractivity contribution >= 4 is 28.2 Å². The van der Waals surface area contributed by atoms with Crippen molar-refractivity contribution in [1.29, 1.82) is 0 Å². The van der Waals surface area contributed by atoms with Crippen molar-refractivity contribution in [3.05, 3.63) is 100.0 Å². The van der Waals surface area contributed by atoms with Gasteiger partial charge in [-0.2, -0.15) is 5.10 Å². The summed E-state index contributed by atoms with van der Waals surface area (Å²) in [4.78, 5) is 24.7. The summed E-state index contributed by atoms with van der Waals surface area (Å²) in [6.07, 6.45) is 2.63. The Kier molecular flexibility index (Phi) is 6.08. The number of amides is 2. The Morgan fingerprint density at radius 2 is 1.58 bits per heavy atom. The second-order valence-electron chi connectivity index (χ2n) is 7.54. The maximum atomic E-state index is 12.3. The topological polar surface area (TPSA) is 86.9 Å². The number of hydrogen-bond donors (Lipinski definition) is 3. The van der Waals surface area contributed by atoms with Crippen LogP contribution < -0.4 is 16.2 Å². The first-order valence-corrected chi connectivity index (χ1v) is 10.3. The second-order valence-corrected chi connectivity index (χ2v) is 7.54. The van der Waals surface area contributed by atoms with E-state index in [1.54, 1.807) is 12.1 Å². The van der Waals surface area contributed by atoms with Crippen LogP contribution >= 0.6 is 0 Å². The van der Waals surface area contributed by atoms with Crippen LogP contribution in [0.4, 0.5) is 16.2 Å². The Hall–Kier alpha value is -3.93. The first kappa shape index (κ1) is 20.3. The van der Waals surface area contributed by atoms with E-state index in [0.29, 0.717) is 16.8 Å². The van der Waals surface area contributed by atoms with E-state index in [4.69, 9.17) is 0 Å². The molecule has 0 bridgehead atoms. The van der Waals surface area contributed by atoms with Gasteiger partial charge in [-0.3, -0.25) is 4.79 Å². The standard InChI is InChI=1S/C25H24N4O2/c1-17-10-12-19(13-11-17)26-25(31)27-20-14-15-21-22(16-20)24(30)29-28-23(21)9-5-8-18-6-3-2-4-7-18/h2-4,6-7,10-16H,5,8-9H2,1H3,(H,29,30)(H2,26,27,31). The molecular formula is C25H24N4O2. The van der Waals surface area contributed by atoms with Gasteiger partial charge in [0.2, 0.25) is 0 Å². The number of fused-ring (bicyclic) bond motifs is 1. The predicted molar refractivity (Wildman–Crippen MR) is 125 cm³/mol. The maximum absolute atomic E-state index is 12.3. The van der Waals surface area contributed by atoms with Crippen LogP contribution in [0.25, 0.3) is 10.8 Å². The van der Waals surface area contributed by atoms with Gasteiger partial charge in [0, 0.05) is 16.8 Å². The van der Waals surface area contributed by atoms with Gasteiger partial charge in [-0.15, -0.1) is 0 Å². The molecule has 0 aliphatic heterocycles. The monoisotopic (exact) mass is 412 g/mol. The molecule has 6 nitrogen and oxygen atoms in total. The Labute approximate surface area is 180 Å². The molecule has 3 N–H and O–H groups in total. The number of aromatic nitrogens is 2. The van der Waals surface area contributed by atoms with Gasteiger partial charge in [-0.1, -0.05) is 54.1 Å². The average Bonchev–Trinajstić information content (AvgIpc) is 2.78. The Balaban J connectivity index is 1.46. The highest BCUT2D eigenvalue weighted by atomic mass is 16.2. The molecular weight excluding hydrogens is 388 g/mol. The Morgan fingerprint density at radius 3 is 2.35 bits per heavy atom. The third-order valence-electron chi connectivity index (χ3n) is 5.16. The molecule has 6 heteroatoms. The minimum atomic E-state index is -0.364. The summed E-state index contributed by atoms with van der Waals surface area (Å²) < 4.78 is 0. The van der Waals surface area contributed by atoms with Crippen LogP contribution in [0, 0.1) is 6.92 Å². The van der Waals surface area contributed by atoms with Gasteiger partial charge in [0.1, 0.15) is 0 Å². The zero-order valence-electron chi connectivity index (χ0n) is 17.3. The van der Waals surface area contributed by atoms with E-state index in [1.165, 1.54) is 5.56 Å². The van der Waals surface area contributed by atoms with E-state index in [1.807, 2.05) is 55.5 Å². The molecule has 3 aromatic carbocycles. The Morgan fingerprint density at radius 1 is 0.871 bits per heavy atom. The van der Waals surface area contributed by atoms with Crippen molar-refractivity contribution in [2.75, 3.05) is 10.6 Å². The number of aryl methyl sites for hydroxylation is 3. The van der Waals surface area contributed by atoms with E-state index in [9.17, 15) is 9.59 Å². The average molecular weight is 412 g/mol. The summed E-state index contributed by atoms with van der Waals surface area (Å²) in [7, 11) is 0. The van der Waals surface area contributed by atoms with Crippen LogP contribution in [0.1, 0.15) is 23.2 Å². The molecule has 4 aromatic rings. The van der Waals surface area contributed by atoms with Crippen molar-refractivity contribution in [2.24, 2.45) is 0 Å². The highest BCUT2D eigenvalue weighted by Gasteiger charge is 2.09. The number of anilines is 2. The van der Waals surface area contributed by atoms with Crippen molar-refractivity contribution in [3.8, 4) is 0 Å². The lowest BCUT2D eigenvalue weighted by molar-refractivity contribution is 0.262. The highest BCUT2D eigenvalue weighted by molar-refractivity contribution is 6.01. The van der Waals surface area contributed by atoms with Crippen LogP contribution in [0.5, 0.6) is 0 Å². The fraction of sp³-hybridized carbons (Fsp3) is 0.160. The number of benzene rings is 3. The van der Waals surface area contributed by atoms with E-state index < -0.39 is 0 Å². The third kappa shape index (κ3) is 5.17. The molecule has 0 atom stereocenters. The van der Waals surface area contributed by atoms with Gasteiger partial charge in [0.15, 0.2) is 0 Å². The summed E-state index contributed by atoms with van der Waals surface area (Å²) >= 11 is 0. The number of carbonyl (C=O) groups excluding carboxylic acids is 1. The van der Waals surface area contributed by atoms with Crippen LogP contribution in [0.15, 0.2) is 77.6 Å². The lowest BCUT2D eigenvalue weighted by Crippen LogP contribution is -2.19. The van der Waals surface area contributed by atoms with Gasteiger partial charge < -0.3 is 10.6 Å². The predicted octanol–water partition coefficient (Wildman–Crippen LogP) is 5.05. The summed E-state index contributed by atoms with van der Waals surface area (Å²) in [6.45, 7) is 1.99. The molecule has 0 aliphatic carbocycles. The van der Waals surface area contributed by atoms with E-state index in [0.717, 1.165) is 35.9 Å². The smallest absolute Gasteiger partial charge is 0.308 e. The van der Waals surface area contributed by atoms with Gasteiger partial charge in [0.25, 0.3) is 5.56 Å². The fourth-order valence-electron chi connectivity index (χ4n) is 3.53. The van der Waals surface area contributed by atoms with Gasteiger partial charge in [-0.25, -0.2) is 9.89 Å². The lowest BCUT2D eigenvalue weighted by Gasteiger charge is -2.10. The van der Waals surface area contributed by atoms with Crippen molar-refractivity contribution in [3.63, 3.8) is 0 Å². The first-order chi connectivity index (χ1) is 15.1. The molecule has 156 valence electrons. The molecule has 0 radical (unpaired) electrons. The molecule has 0 saturated heterocycles. The number of urea groups is 1. The van der Waals surface area contributed by atoms with Crippen molar-refractivity contribution < 1.29 is 4.79 Å². The SMILES string of the molecule is Cc1ccc(NC(=O)Nc2ccc3c(CCCc4ccccc4)n[nH]c(=O)c3c2)cc1. The van der Waals surface area contributed by atoms with Crippen LogP contribution in [0.3, 0.4) is 0 Å². The molecule has 0 spiro atoms. The highest BCUT2D eigenvalue weighted by Crippen LogP contribution is 2.20. The van der Waals surface area contributed by atoms with E-state index >= 15 is 0 Å². The van der Waals surface area contributed by atoms with Crippen LogP contribution in [-0.2, 0) is 12.8 Å². The van der Waals surface area contributed by atoms with Crippen molar-refractivity contribution in [2.45, 2.75) is 26.2 Å². The van der Waals surface area contributed by atoms with E-state index in [-0.39, 0.29) is 11.6 Å². The normalized spacial score (nSPS) is 10.7. The Bertz CT molecular complexity index is 1250. The van der Waals surface area contributed by atoms with Crippen LogP contribution in [-0.4, -0.2) is 16.2 Å². The third-order valence-corrected chi connectivity index (χ3v) is 5.16.